The number of halogens is 2. The van der Waals surface area contributed by atoms with Crippen LogP contribution in [-0.2, 0) is 13.1 Å². The first-order chi connectivity index (χ1) is 12.2. The maximum atomic E-state index is 13.9. The number of hydrogen-bond donors (Lipinski definition) is 0. The summed E-state index contributed by atoms with van der Waals surface area (Å²) in [5.74, 6) is 0.893. The van der Waals surface area contributed by atoms with Crippen molar-refractivity contribution in [2.24, 2.45) is 0 Å². The van der Waals surface area contributed by atoms with Crippen molar-refractivity contribution in [1.82, 2.24) is 15.0 Å². The zero-order valence-electron chi connectivity index (χ0n) is 13.5. The second-order valence-corrected chi connectivity index (χ2v) is 6.69. The molecular formula is C19H17ClFN3O. The molecule has 0 saturated heterocycles. The van der Waals surface area contributed by atoms with Gasteiger partial charge >= 0.3 is 0 Å². The Labute approximate surface area is 150 Å². The molecule has 3 aromatic rings. The molecular weight excluding hydrogens is 341 g/mol. The lowest BCUT2D eigenvalue weighted by Gasteiger charge is -2.20. The highest BCUT2D eigenvalue weighted by Gasteiger charge is 2.30. The van der Waals surface area contributed by atoms with Gasteiger partial charge in [-0.3, -0.25) is 4.90 Å². The summed E-state index contributed by atoms with van der Waals surface area (Å²) in [5, 5.41) is 4.73. The van der Waals surface area contributed by atoms with Gasteiger partial charge in [0.2, 0.25) is 0 Å². The summed E-state index contributed by atoms with van der Waals surface area (Å²) in [5.41, 5.74) is 1.52. The zero-order valence-corrected chi connectivity index (χ0v) is 14.3. The Morgan fingerprint density at radius 1 is 1.08 bits per heavy atom. The molecule has 0 bridgehead atoms. The minimum atomic E-state index is -0.178. The van der Waals surface area contributed by atoms with Crippen LogP contribution in [0.25, 0.3) is 11.5 Å². The summed E-state index contributed by atoms with van der Waals surface area (Å²) in [6.45, 7) is 1.08. The maximum Gasteiger partial charge on any atom is 0.257 e. The molecule has 0 aliphatic heterocycles. The molecule has 0 radical (unpaired) electrons. The predicted molar refractivity (Wildman–Crippen MR) is 93.4 cm³/mol. The molecule has 0 N–H and O–H groups in total. The fraction of sp³-hybridized carbons (Fsp3) is 0.263. The van der Waals surface area contributed by atoms with Crippen LogP contribution in [-0.4, -0.2) is 21.1 Å². The lowest BCUT2D eigenvalue weighted by molar-refractivity contribution is 0.232. The van der Waals surface area contributed by atoms with Crippen LogP contribution in [0.4, 0.5) is 4.39 Å². The summed E-state index contributed by atoms with van der Waals surface area (Å²) >= 11 is 5.90. The molecule has 1 fully saturated rings. The third kappa shape index (κ3) is 3.89. The number of rotatable bonds is 6. The number of benzene rings is 2. The van der Waals surface area contributed by atoms with Crippen molar-refractivity contribution in [2.75, 3.05) is 0 Å². The quantitative estimate of drug-likeness (QED) is 0.641. The van der Waals surface area contributed by atoms with Gasteiger partial charge in [0, 0.05) is 28.7 Å². The summed E-state index contributed by atoms with van der Waals surface area (Å²) < 4.78 is 19.3. The van der Waals surface area contributed by atoms with Crippen molar-refractivity contribution in [2.45, 2.75) is 32.0 Å². The van der Waals surface area contributed by atoms with Crippen molar-refractivity contribution < 1.29 is 8.91 Å². The van der Waals surface area contributed by atoms with E-state index in [4.69, 9.17) is 16.1 Å². The molecule has 4 nitrogen and oxygen atoms in total. The van der Waals surface area contributed by atoms with Crippen LogP contribution in [0.15, 0.2) is 53.1 Å². The molecule has 1 heterocycles. The molecule has 25 heavy (non-hydrogen) atoms. The van der Waals surface area contributed by atoms with Gasteiger partial charge in [-0.2, -0.15) is 4.98 Å². The SMILES string of the molecule is Fc1ccccc1CN(Cc1noc(-c2ccc(Cl)cc2)n1)C1CC1. The Morgan fingerprint density at radius 2 is 1.84 bits per heavy atom. The minimum absolute atomic E-state index is 0.178. The number of hydrogen-bond acceptors (Lipinski definition) is 4. The largest absolute Gasteiger partial charge is 0.334 e. The van der Waals surface area contributed by atoms with Crippen molar-refractivity contribution in [3.8, 4) is 11.5 Å². The number of aromatic nitrogens is 2. The molecule has 0 amide bonds. The molecule has 128 valence electrons. The second kappa shape index (κ2) is 6.94. The van der Waals surface area contributed by atoms with Gasteiger partial charge in [0.05, 0.1) is 6.54 Å². The third-order valence-corrected chi connectivity index (χ3v) is 4.55. The summed E-state index contributed by atoms with van der Waals surface area (Å²) in [6.07, 6.45) is 2.24. The molecule has 6 heteroatoms. The van der Waals surface area contributed by atoms with E-state index in [1.165, 1.54) is 6.07 Å². The third-order valence-electron chi connectivity index (χ3n) is 4.30. The molecule has 0 atom stereocenters. The van der Waals surface area contributed by atoms with Gasteiger partial charge in [0.25, 0.3) is 5.89 Å². The fourth-order valence-corrected chi connectivity index (χ4v) is 2.93. The Hall–Kier alpha value is -2.24. The summed E-state index contributed by atoms with van der Waals surface area (Å²) in [7, 11) is 0. The Balaban J connectivity index is 1.49. The van der Waals surface area contributed by atoms with Crippen LogP contribution in [0.1, 0.15) is 24.2 Å². The van der Waals surface area contributed by atoms with E-state index in [2.05, 4.69) is 15.0 Å². The summed E-state index contributed by atoms with van der Waals surface area (Å²) in [6, 6.07) is 14.6. The molecule has 0 unspecified atom stereocenters. The summed E-state index contributed by atoms with van der Waals surface area (Å²) in [4.78, 5) is 6.67. The molecule has 1 aromatic heterocycles. The molecule has 4 rings (SSSR count). The highest BCUT2D eigenvalue weighted by atomic mass is 35.5. The topological polar surface area (TPSA) is 42.2 Å². The maximum absolute atomic E-state index is 13.9. The average Bonchev–Trinajstić information content (AvgIpc) is 3.36. The normalized spacial score (nSPS) is 14.2. The van der Waals surface area contributed by atoms with E-state index in [9.17, 15) is 4.39 Å². The average molecular weight is 358 g/mol. The van der Waals surface area contributed by atoms with Gasteiger partial charge in [0.1, 0.15) is 5.82 Å². The highest BCUT2D eigenvalue weighted by Crippen LogP contribution is 2.30. The van der Waals surface area contributed by atoms with Crippen molar-refractivity contribution >= 4 is 11.6 Å². The number of nitrogens with zero attached hydrogens (tertiary/aromatic N) is 3. The molecule has 1 aliphatic carbocycles. The van der Waals surface area contributed by atoms with Gasteiger partial charge in [-0.05, 0) is 43.2 Å². The van der Waals surface area contributed by atoms with Gasteiger partial charge < -0.3 is 4.52 Å². The van der Waals surface area contributed by atoms with Crippen LogP contribution in [0.5, 0.6) is 0 Å². The highest BCUT2D eigenvalue weighted by molar-refractivity contribution is 6.30. The van der Waals surface area contributed by atoms with E-state index < -0.39 is 0 Å². The first-order valence-corrected chi connectivity index (χ1v) is 8.63. The predicted octanol–water partition coefficient (Wildman–Crippen LogP) is 4.69. The monoisotopic (exact) mass is 357 g/mol. The van der Waals surface area contributed by atoms with Crippen LogP contribution in [0.3, 0.4) is 0 Å². The lowest BCUT2D eigenvalue weighted by atomic mass is 10.2. The first kappa shape index (κ1) is 16.2. The Morgan fingerprint density at radius 3 is 2.56 bits per heavy atom. The van der Waals surface area contributed by atoms with Crippen molar-refractivity contribution in [3.05, 3.63) is 70.8 Å². The van der Waals surface area contributed by atoms with E-state index in [1.807, 2.05) is 24.3 Å². The fourth-order valence-electron chi connectivity index (χ4n) is 2.81. The zero-order chi connectivity index (χ0) is 17.2. The van der Waals surface area contributed by atoms with Crippen molar-refractivity contribution in [1.29, 1.82) is 0 Å². The van der Waals surface area contributed by atoms with Gasteiger partial charge in [-0.1, -0.05) is 35.0 Å². The van der Waals surface area contributed by atoms with Gasteiger partial charge in [-0.15, -0.1) is 0 Å². The van der Waals surface area contributed by atoms with E-state index in [0.717, 1.165) is 18.4 Å². The molecule has 1 aliphatic rings. The Kier molecular flexibility index (Phi) is 4.51. The van der Waals surface area contributed by atoms with Crippen LogP contribution in [0.2, 0.25) is 5.02 Å². The van der Waals surface area contributed by atoms with E-state index in [1.54, 1.807) is 18.2 Å². The van der Waals surface area contributed by atoms with Gasteiger partial charge in [0.15, 0.2) is 5.82 Å². The van der Waals surface area contributed by atoms with E-state index in [0.29, 0.717) is 41.4 Å². The molecule has 0 spiro atoms. The molecule has 2 aromatic carbocycles. The standard InChI is InChI=1S/C19H17ClFN3O/c20-15-7-5-13(6-8-15)19-22-18(23-25-19)12-24(16-9-10-16)11-14-3-1-2-4-17(14)21/h1-8,16H,9-12H2. The minimum Gasteiger partial charge on any atom is -0.334 e. The second-order valence-electron chi connectivity index (χ2n) is 6.25. The first-order valence-electron chi connectivity index (χ1n) is 8.25. The van der Waals surface area contributed by atoms with E-state index >= 15 is 0 Å². The Bertz CT molecular complexity index is 861. The van der Waals surface area contributed by atoms with Crippen LogP contribution in [0, 0.1) is 5.82 Å². The smallest absolute Gasteiger partial charge is 0.257 e. The van der Waals surface area contributed by atoms with Crippen LogP contribution >= 0.6 is 11.6 Å². The van der Waals surface area contributed by atoms with Crippen LogP contribution < -0.4 is 0 Å². The lowest BCUT2D eigenvalue weighted by Crippen LogP contribution is -2.26. The van der Waals surface area contributed by atoms with Crippen molar-refractivity contribution in [3.63, 3.8) is 0 Å². The molecule has 1 saturated carbocycles. The van der Waals surface area contributed by atoms with E-state index in [-0.39, 0.29) is 5.82 Å². The van der Waals surface area contributed by atoms with Gasteiger partial charge in [-0.25, -0.2) is 4.39 Å².